The fraction of sp³-hybridized carbons (Fsp3) is 0.600. The van der Waals surface area contributed by atoms with Crippen molar-refractivity contribution in [2.24, 2.45) is 5.92 Å². The van der Waals surface area contributed by atoms with Crippen molar-refractivity contribution in [3.8, 4) is 0 Å². The summed E-state index contributed by atoms with van der Waals surface area (Å²) in [7, 11) is -3.52. The van der Waals surface area contributed by atoms with Crippen molar-refractivity contribution in [3.05, 3.63) is 24.3 Å². The average molecular weight is 454 g/mol. The highest BCUT2D eigenvalue weighted by molar-refractivity contribution is 7.86. The lowest BCUT2D eigenvalue weighted by Crippen LogP contribution is -2.56. The number of nitrogens with one attached hydrogen (secondary N) is 2. The second-order valence-electron chi connectivity index (χ2n) is 8.06. The van der Waals surface area contributed by atoms with Gasteiger partial charge in [0.1, 0.15) is 0 Å². The third-order valence-corrected chi connectivity index (χ3v) is 7.20. The molecule has 11 heteroatoms. The lowest BCUT2D eigenvalue weighted by Gasteiger charge is -2.37. The highest BCUT2D eigenvalue weighted by Gasteiger charge is 2.34. The number of ether oxygens (including phenoxy) is 1. The predicted octanol–water partition coefficient (Wildman–Crippen LogP) is 1.40. The lowest BCUT2D eigenvalue weighted by molar-refractivity contribution is -0.116. The van der Waals surface area contributed by atoms with Crippen LogP contribution in [-0.4, -0.2) is 86.3 Å². The van der Waals surface area contributed by atoms with Gasteiger partial charge in [-0.15, -0.1) is 0 Å². The number of piperazine rings is 1. The first kappa shape index (κ1) is 23.5. The monoisotopic (exact) mass is 453 g/mol. The molecule has 0 aliphatic carbocycles. The molecule has 2 saturated heterocycles. The fourth-order valence-electron chi connectivity index (χ4n) is 3.48. The number of carbonyl (C=O) groups is 2. The molecule has 10 nitrogen and oxygen atoms in total. The Balaban J connectivity index is 1.48. The van der Waals surface area contributed by atoms with Crippen LogP contribution in [0.4, 0.5) is 16.2 Å². The summed E-state index contributed by atoms with van der Waals surface area (Å²) in [5.74, 6) is 0.236. The van der Waals surface area contributed by atoms with E-state index in [4.69, 9.17) is 4.74 Å². The number of benzene rings is 1. The van der Waals surface area contributed by atoms with Gasteiger partial charge in [-0.25, -0.2) is 4.79 Å². The number of anilines is 2. The van der Waals surface area contributed by atoms with Crippen LogP contribution in [0.5, 0.6) is 0 Å². The van der Waals surface area contributed by atoms with Gasteiger partial charge in [0.05, 0.1) is 13.2 Å². The third-order valence-electron chi connectivity index (χ3n) is 5.16. The maximum atomic E-state index is 12.7. The SMILES string of the molecule is CC(C)CC(=O)Nc1ccc(NC(=O)N2CCN(S(=O)(=O)N3CCOCC3)CC2)cc1. The lowest BCUT2D eigenvalue weighted by atomic mass is 10.1. The Morgan fingerprint density at radius 3 is 1.97 bits per heavy atom. The van der Waals surface area contributed by atoms with Crippen molar-refractivity contribution in [1.82, 2.24) is 13.5 Å². The number of amides is 3. The van der Waals surface area contributed by atoms with Crippen LogP contribution in [0.3, 0.4) is 0 Å². The smallest absolute Gasteiger partial charge is 0.321 e. The fourth-order valence-corrected chi connectivity index (χ4v) is 5.05. The van der Waals surface area contributed by atoms with Gasteiger partial charge in [0.25, 0.3) is 10.2 Å². The molecular formula is C20H31N5O5S. The number of carbonyl (C=O) groups excluding carboxylic acids is 2. The van der Waals surface area contributed by atoms with Gasteiger partial charge in [-0.1, -0.05) is 13.8 Å². The molecule has 2 aliphatic heterocycles. The zero-order valence-electron chi connectivity index (χ0n) is 18.0. The number of morpholine rings is 1. The predicted molar refractivity (Wildman–Crippen MR) is 118 cm³/mol. The van der Waals surface area contributed by atoms with Crippen LogP contribution in [0.2, 0.25) is 0 Å². The van der Waals surface area contributed by atoms with E-state index in [1.807, 2.05) is 13.8 Å². The van der Waals surface area contributed by atoms with Crippen LogP contribution in [0, 0.1) is 5.92 Å². The van der Waals surface area contributed by atoms with Crippen molar-refractivity contribution >= 4 is 33.5 Å². The van der Waals surface area contributed by atoms with E-state index in [0.29, 0.717) is 57.2 Å². The standard InChI is InChI=1S/C20H31N5O5S/c1-16(2)15-19(26)21-17-3-5-18(6-4-17)22-20(27)23-7-9-24(10-8-23)31(28,29)25-11-13-30-14-12-25/h3-6,16H,7-15H2,1-2H3,(H,21,26)(H,22,27). The molecule has 31 heavy (non-hydrogen) atoms. The number of rotatable bonds is 6. The second kappa shape index (κ2) is 10.4. The molecule has 2 heterocycles. The van der Waals surface area contributed by atoms with Crippen LogP contribution < -0.4 is 10.6 Å². The molecule has 2 aliphatic rings. The van der Waals surface area contributed by atoms with Gasteiger partial charge in [-0.3, -0.25) is 4.79 Å². The highest BCUT2D eigenvalue weighted by atomic mass is 32.2. The molecule has 0 saturated carbocycles. The summed E-state index contributed by atoms with van der Waals surface area (Å²) in [5, 5.41) is 5.65. The maximum absolute atomic E-state index is 12.7. The van der Waals surface area contributed by atoms with Gasteiger partial charge in [-0.05, 0) is 30.2 Å². The summed E-state index contributed by atoms with van der Waals surface area (Å²) in [4.78, 5) is 26.0. The van der Waals surface area contributed by atoms with Crippen molar-refractivity contribution in [1.29, 1.82) is 0 Å². The van der Waals surface area contributed by atoms with Gasteiger partial charge in [-0.2, -0.15) is 17.0 Å². The number of hydrogen-bond donors (Lipinski definition) is 2. The van der Waals surface area contributed by atoms with Gasteiger partial charge >= 0.3 is 6.03 Å². The van der Waals surface area contributed by atoms with Crippen LogP contribution in [0.15, 0.2) is 24.3 Å². The Bertz CT molecular complexity index is 860. The second-order valence-corrected chi connectivity index (χ2v) is 9.99. The number of hydrogen-bond acceptors (Lipinski definition) is 5. The topological polar surface area (TPSA) is 111 Å². The molecule has 0 atom stereocenters. The van der Waals surface area contributed by atoms with E-state index >= 15 is 0 Å². The molecular weight excluding hydrogens is 422 g/mol. The minimum atomic E-state index is -3.52. The Hall–Kier alpha value is -2.21. The number of nitrogens with zero attached hydrogens (tertiary/aromatic N) is 3. The van der Waals surface area contributed by atoms with Crippen LogP contribution in [-0.2, 0) is 19.7 Å². The first-order valence-corrected chi connectivity index (χ1v) is 11.9. The van der Waals surface area contributed by atoms with Gasteiger partial charge in [0, 0.05) is 57.1 Å². The molecule has 2 fully saturated rings. The van der Waals surface area contributed by atoms with E-state index in [1.54, 1.807) is 29.2 Å². The molecule has 1 aromatic carbocycles. The molecule has 3 rings (SSSR count). The van der Waals surface area contributed by atoms with E-state index in [9.17, 15) is 18.0 Å². The molecule has 2 N–H and O–H groups in total. The quantitative estimate of drug-likeness (QED) is 0.676. The molecule has 3 amide bonds. The molecule has 0 unspecified atom stereocenters. The normalized spacial score (nSPS) is 18.7. The van der Waals surface area contributed by atoms with Crippen molar-refractivity contribution < 1.29 is 22.7 Å². The van der Waals surface area contributed by atoms with Crippen molar-refractivity contribution in [2.45, 2.75) is 20.3 Å². The first-order valence-electron chi connectivity index (χ1n) is 10.5. The Kier molecular flexibility index (Phi) is 7.87. The summed E-state index contributed by atoms with van der Waals surface area (Å²) in [6, 6.07) is 6.64. The molecule has 0 spiro atoms. The Morgan fingerprint density at radius 1 is 0.903 bits per heavy atom. The summed E-state index contributed by atoms with van der Waals surface area (Å²) in [6.45, 7) is 6.64. The highest BCUT2D eigenvalue weighted by Crippen LogP contribution is 2.17. The molecule has 0 radical (unpaired) electrons. The summed E-state index contributed by atoms with van der Waals surface area (Å²) < 4.78 is 33.5. The van der Waals surface area contributed by atoms with E-state index in [-0.39, 0.29) is 30.9 Å². The van der Waals surface area contributed by atoms with E-state index in [0.717, 1.165) is 0 Å². The maximum Gasteiger partial charge on any atom is 0.321 e. The zero-order chi connectivity index (χ0) is 22.4. The van der Waals surface area contributed by atoms with Crippen LogP contribution in [0.1, 0.15) is 20.3 Å². The summed E-state index contributed by atoms with van der Waals surface area (Å²) >= 11 is 0. The Labute approximate surface area is 183 Å². The minimum absolute atomic E-state index is 0.0447. The van der Waals surface area contributed by atoms with Crippen molar-refractivity contribution in [3.63, 3.8) is 0 Å². The van der Waals surface area contributed by atoms with E-state index in [1.165, 1.54) is 8.61 Å². The van der Waals surface area contributed by atoms with E-state index < -0.39 is 10.2 Å². The van der Waals surface area contributed by atoms with Crippen LogP contribution >= 0.6 is 0 Å². The molecule has 0 bridgehead atoms. The summed E-state index contributed by atoms with van der Waals surface area (Å²) in [5.41, 5.74) is 1.28. The van der Waals surface area contributed by atoms with Crippen LogP contribution in [0.25, 0.3) is 0 Å². The zero-order valence-corrected chi connectivity index (χ0v) is 18.9. The molecule has 1 aromatic rings. The third kappa shape index (κ3) is 6.39. The average Bonchev–Trinajstić information content (AvgIpc) is 2.75. The van der Waals surface area contributed by atoms with E-state index in [2.05, 4.69) is 10.6 Å². The Morgan fingerprint density at radius 2 is 1.42 bits per heavy atom. The molecule has 0 aromatic heterocycles. The number of urea groups is 1. The molecule has 172 valence electrons. The van der Waals surface area contributed by atoms with Gasteiger partial charge < -0.3 is 20.3 Å². The first-order chi connectivity index (χ1) is 14.8. The minimum Gasteiger partial charge on any atom is -0.379 e. The summed E-state index contributed by atoms with van der Waals surface area (Å²) in [6.07, 6.45) is 0.450. The largest absolute Gasteiger partial charge is 0.379 e. The van der Waals surface area contributed by atoms with Crippen molar-refractivity contribution in [2.75, 3.05) is 63.1 Å². The van der Waals surface area contributed by atoms with Gasteiger partial charge in [0.2, 0.25) is 5.91 Å². The van der Waals surface area contributed by atoms with Gasteiger partial charge in [0.15, 0.2) is 0 Å².